The predicted molar refractivity (Wildman–Crippen MR) is 109 cm³/mol. The summed E-state index contributed by atoms with van der Waals surface area (Å²) in [5, 5.41) is 0. The van der Waals surface area contributed by atoms with Crippen LogP contribution in [-0.2, 0) is 10.0 Å². The third-order valence-electron chi connectivity index (χ3n) is 4.54. The van der Waals surface area contributed by atoms with Gasteiger partial charge in [-0.25, -0.2) is 8.42 Å². The van der Waals surface area contributed by atoms with Crippen molar-refractivity contribution in [1.82, 2.24) is 9.21 Å². The predicted octanol–water partition coefficient (Wildman–Crippen LogP) is 2.43. The molecule has 0 saturated carbocycles. The largest absolute Gasteiger partial charge is 0.378 e. The maximum absolute atomic E-state index is 12.7. The monoisotopic (exact) mass is 389 g/mol. The van der Waals surface area contributed by atoms with Gasteiger partial charge in [0, 0.05) is 51.5 Å². The highest BCUT2D eigenvalue weighted by molar-refractivity contribution is 7.89. The molecule has 138 valence electrons. The molecule has 26 heavy (non-hydrogen) atoms. The van der Waals surface area contributed by atoms with E-state index in [1.54, 1.807) is 24.3 Å². The fraction of sp³-hybridized carbons (Fsp3) is 0.316. The van der Waals surface area contributed by atoms with Crippen LogP contribution in [0.1, 0.15) is 5.56 Å². The van der Waals surface area contributed by atoms with E-state index in [1.165, 1.54) is 4.31 Å². The zero-order chi connectivity index (χ0) is 18.7. The number of rotatable bonds is 4. The normalized spacial score (nSPS) is 15.7. The molecule has 0 spiro atoms. The first-order valence-corrected chi connectivity index (χ1v) is 10.4. The van der Waals surface area contributed by atoms with E-state index in [0.717, 1.165) is 16.2 Å². The summed E-state index contributed by atoms with van der Waals surface area (Å²) in [5.74, 6) is 0. The topological polar surface area (TPSA) is 43.9 Å². The van der Waals surface area contributed by atoms with Crippen molar-refractivity contribution in [2.24, 2.45) is 0 Å². The maximum atomic E-state index is 12.7. The first-order chi connectivity index (χ1) is 12.4. The van der Waals surface area contributed by atoms with Crippen LogP contribution in [0.4, 0.5) is 5.69 Å². The van der Waals surface area contributed by atoms with Crippen LogP contribution in [0.25, 0.3) is 0 Å². The SMILES string of the molecule is CN(C)c1ccc(C(=S)N2CCN(S(=O)(=O)c3ccccc3)CC2)cc1. The van der Waals surface area contributed by atoms with Gasteiger partial charge < -0.3 is 9.80 Å². The van der Waals surface area contributed by atoms with Crippen molar-refractivity contribution in [2.75, 3.05) is 45.2 Å². The lowest BCUT2D eigenvalue weighted by Gasteiger charge is -2.35. The van der Waals surface area contributed by atoms with Gasteiger partial charge in [-0.1, -0.05) is 30.4 Å². The number of benzene rings is 2. The summed E-state index contributed by atoms with van der Waals surface area (Å²) in [6.45, 7) is 2.07. The fourth-order valence-corrected chi connectivity index (χ4v) is 4.72. The smallest absolute Gasteiger partial charge is 0.243 e. The lowest BCUT2D eigenvalue weighted by Crippen LogP contribution is -2.50. The summed E-state index contributed by atoms with van der Waals surface area (Å²) in [4.78, 5) is 5.24. The lowest BCUT2D eigenvalue weighted by atomic mass is 10.1. The van der Waals surface area contributed by atoms with Crippen molar-refractivity contribution in [3.8, 4) is 0 Å². The van der Waals surface area contributed by atoms with Gasteiger partial charge in [0.05, 0.1) is 4.90 Å². The van der Waals surface area contributed by atoms with E-state index >= 15 is 0 Å². The molecule has 1 saturated heterocycles. The second-order valence-electron chi connectivity index (χ2n) is 6.45. The Morgan fingerprint density at radius 2 is 1.50 bits per heavy atom. The van der Waals surface area contributed by atoms with E-state index < -0.39 is 10.0 Å². The third kappa shape index (κ3) is 3.90. The maximum Gasteiger partial charge on any atom is 0.243 e. The van der Waals surface area contributed by atoms with Crippen LogP contribution < -0.4 is 4.90 Å². The Morgan fingerprint density at radius 3 is 2.04 bits per heavy atom. The van der Waals surface area contributed by atoms with Gasteiger partial charge in [0.15, 0.2) is 0 Å². The second-order valence-corrected chi connectivity index (χ2v) is 8.78. The molecule has 3 rings (SSSR count). The van der Waals surface area contributed by atoms with E-state index in [9.17, 15) is 8.42 Å². The van der Waals surface area contributed by atoms with Crippen molar-refractivity contribution >= 4 is 32.9 Å². The molecule has 2 aromatic carbocycles. The molecule has 0 radical (unpaired) electrons. The average molecular weight is 390 g/mol. The van der Waals surface area contributed by atoms with Crippen LogP contribution in [0.15, 0.2) is 59.5 Å². The van der Waals surface area contributed by atoms with Crippen molar-refractivity contribution in [2.45, 2.75) is 4.90 Å². The van der Waals surface area contributed by atoms with Gasteiger partial charge in [0.1, 0.15) is 4.99 Å². The summed E-state index contributed by atoms with van der Waals surface area (Å²) < 4.78 is 26.9. The van der Waals surface area contributed by atoms with Crippen LogP contribution in [-0.4, -0.2) is 62.9 Å². The second kappa shape index (κ2) is 7.73. The number of hydrogen-bond acceptors (Lipinski definition) is 4. The Morgan fingerprint density at radius 1 is 0.923 bits per heavy atom. The van der Waals surface area contributed by atoms with Gasteiger partial charge in [-0.05, 0) is 36.4 Å². The summed E-state index contributed by atoms with van der Waals surface area (Å²) in [6, 6.07) is 16.7. The highest BCUT2D eigenvalue weighted by Gasteiger charge is 2.29. The summed E-state index contributed by atoms with van der Waals surface area (Å²) in [5.41, 5.74) is 2.11. The number of thiocarbonyl (C=S) groups is 1. The summed E-state index contributed by atoms with van der Waals surface area (Å²) in [7, 11) is 0.566. The van der Waals surface area contributed by atoms with Gasteiger partial charge >= 0.3 is 0 Å². The molecule has 0 N–H and O–H groups in total. The van der Waals surface area contributed by atoms with Gasteiger partial charge in [-0.3, -0.25) is 0 Å². The van der Waals surface area contributed by atoms with Crippen molar-refractivity contribution < 1.29 is 8.42 Å². The van der Waals surface area contributed by atoms with E-state index in [2.05, 4.69) is 4.90 Å². The molecule has 5 nitrogen and oxygen atoms in total. The zero-order valence-electron chi connectivity index (χ0n) is 15.0. The standard InChI is InChI=1S/C19H23N3O2S2/c1-20(2)17-10-8-16(9-11-17)19(25)21-12-14-22(15-13-21)26(23,24)18-6-4-3-5-7-18/h3-11H,12-15H2,1-2H3. The van der Waals surface area contributed by atoms with Gasteiger partial charge in [-0.15, -0.1) is 0 Å². The quantitative estimate of drug-likeness (QED) is 0.752. The zero-order valence-corrected chi connectivity index (χ0v) is 16.6. The molecule has 0 amide bonds. The molecule has 1 heterocycles. The van der Waals surface area contributed by atoms with Crippen molar-refractivity contribution in [3.63, 3.8) is 0 Å². The van der Waals surface area contributed by atoms with Gasteiger partial charge in [-0.2, -0.15) is 4.31 Å². The van der Waals surface area contributed by atoms with Crippen LogP contribution in [0, 0.1) is 0 Å². The molecular formula is C19H23N3O2S2. The van der Waals surface area contributed by atoms with Crippen molar-refractivity contribution in [1.29, 1.82) is 0 Å². The molecule has 0 atom stereocenters. The fourth-order valence-electron chi connectivity index (χ4n) is 2.96. The lowest BCUT2D eigenvalue weighted by molar-refractivity contribution is 0.269. The molecule has 1 fully saturated rings. The molecule has 7 heteroatoms. The number of anilines is 1. The van der Waals surface area contributed by atoms with Crippen LogP contribution in [0.2, 0.25) is 0 Å². The third-order valence-corrected chi connectivity index (χ3v) is 6.94. The van der Waals surface area contributed by atoms with Gasteiger partial charge in [0.25, 0.3) is 0 Å². The number of sulfonamides is 1. The van der Waals surface area contributed by atoms with Crippen molar-refractivity contribution in [3.05, 3.63) is 60.2 Å². The molecule has 2 aromatic rings. The van der Waals surface area contributed by atoms with Gasteiger partial charge in [0.2, 0.25) is 10.0 Å². The van der Waals surface area contributed by atoms with Crippen LogP contribution in [0.3, 0.4) is 0 Å². The Hall–Kier alpha value is -1.96. The number of hydrogen-bond donors (Lipinski definition) is 0. The molecule has 0 aliphatic carbocycles. The molecule has 0 unspecified atom stereocenters. The van der Waals surface area contributed by atoms with E-state index in [0.29, 0.717) is 31.1 Å². The summed E-state index contributed by atoms with van der Waals surface area (Å²) >= 11 is 5.62. The van der Waals surface area contributed by atoms with Crippen LogP contribution in [0.5, 0.6) is 0 Å². The minimum Gasteiger partial charge on any atom is -0.378 e. The molecule has 0 aromatic heterocycles. The van der Waals surface area contributed by atoms with E-state index in [4.69, 9.17) is 12.2 Å². The van der Waals surface area contributed by atoms with E-state index in [-0.39, 0.29) is 0 Å². The Bertz CT molecular complexity index is 857. The Labute approximate surface area is 160 Å². The number of nitrogens with zero attached hydrogens (tertiary/aromatic N) is 3. The van der Waals surface area contributed by atoms with Crippen LogP contribution >= 0.6 is 12.2 Å². The average Bonchev–Trinajstić information content (AvgIpc) is 2.68. The molecule has 1 aliphatic rings. The first-order valence-electron chi connectivity index (χ1n) is 8.51. The molecule has 0 bridgehead atoms. The Balaban J connectivity index is 1.65. The Kier molecular flexibility index (Phi) is 5.60. The highest BCUT2D eigenvalue weighted by Crippen LogP contribution is 2.19. The molecular weight excluding hydrogens is 366 g/mol. The molecule has 1 aliphatic heterocycles. The summed E-state index contributed by atoms with van der Waals surface area (Å²) in [6.07, 6.45) is 0. The minimum absolute atomic E-state index is 0.343. The highest BCUT2D eigenvalue weighted by atomic mass is 32.2. The minimum atomic E-state index is -3.43. The first kappa shape index (κ1) is 18.8. The van der Waals surface area contributed by atoms with E-state index in [1.807, 2.05) is 49.3 Å². The number of piperazine rings is 1.